The lowest BCUT2D eigenvalue weighted by atomic mass is 10.1. The van der Waals surface area contributed by atoms with Gasteiger partial charge < -0.3 is 9.15 Å². The van der Waals surface area contributed by atoms with Gasteiger partial charge in [-0.15, -0.1) is 10.2 Å². The summed E-state index contributed by atoms with van der Waals surface area (Å²) in [4.78, 5) is 17.6. The molecular formula is C22H20F3N5O3. The first-order valence-electron chi connectivity index (χ1n) is 10.4. The molecule has 172 valence electrons. The van der Waals surface area contributed by atoms with Gasteiger partial charge in [0.25, 0.3) is 11.4 Å². The second-order valence-electron chi connectivity index (χ2n) is 8.02. The fraction of sp³-hybridized carbons (Fsp3) is 0.364. The molecule has 11 heteroatoms. The summed E-state index contributed by atoms with van der Waals surface area (Å²) in [7, 11) is 1.61. The maximum Gasteiger partial charge on any atom is 0.433 e. The normalized spacial score (nSPS) is 18.9. The predicted octanol–water partition coefficient (Wildman–Crippen LogP) is 4.35. The average Bonchev–Trinajstić information content (AvgIpc) is 3.51. The summed E-state index contributed by atoms with van der Waals surface area (Å²) < 4.78 is 53.6. The van der Waals surface area contributed by atoms with Crippen molar-refractivity contribution in [3.63, 3.8) is 0 Å². The zero-order valence-corrected chi connectivity index (χ0v) is 17.8. The highest BCUT2D eigenvalue weighted by molar-refractivity contribution is 5.81. The number of nitrogens with one attached hydrogen (secondary N) is 1. The molecule has 3 aromatic heterocycles. The Hall–Kier alpha value is -3.47. The molecule has 5 rings (SSSR count). The summed E-state index contributed by atoms with van der Waals surface area (Å²) in [6.07, 6.45) is -2.18. The van der Waals surface area contributed by atoms with E-state index in [0.717, 1.165) is 23.8 Å². The molecular weight excluding hydrogens is 439 g/mol. The number of benzene rings is 1. The third kappa shape index (κ3) is 3.52. The highest BCUT2D eigenvalue weighted by atomic mass is 19.4. The molecule has 0 bridgehead atoms. The molecule has 3 heterocycles. The van der Waals surface area contributed by atoms with Gasteiger partial charge in [0, 0.05) is 7.11 Å². The van der Waals surface area contributed by atoms with Gasteiger partial charge in [-0.1, -0.05) is 30.3 Å². The SMILES string of the molecule is COC1CCCC1c1nnc(-c2c(C)nc3c(-c4ccccc4)c(C(F)(F)F)[nH]n3c2=O)o1. The first-order chi connectivity index (χ1) is 15.8. The molecule has 8 nitrogen and oxygen atoms in total. The second kappa shape index (κ2) is 7.84. The number of aromatic amines is 1. The Morgan fingerprint density at radius 1 is 1.15 bits per heavy atom. The number of H-pyrrole nitrogens is 1. The zero-order valence-electron chi connectivity index (χ0n) is 17.8. The van der Waals surface area contributed by atoms with Gasteiger partial charge in [0.1, 0.15) is 11.3 Å². The molecule has 0 saturated heterocycles. The van der Waals surface area contributed by atoms with Gasteiger partial charge >= 0.3 is 6.18 Å². The van der Waals surface area contributed by atoms with Crippen LogP contribution in [0.25, 0.3) is 28.2 Å². The summed E-state index contributed by atoms with van der Waals surface area (Å²) in [6, 6.07) is 8.00. The number of aromatic nitrogens is 5. The standard InChI is InChI=1S/C22H20F3N5O3/c1-11-15(20-28-27-19(33-20)13-9-6-10-14(13)32-2)21(31)30-18(26-11)16(12-7-4-3-5-8-12)17(29-30)22(23,24)25/h3-5,7-8,13-14,29H,6,9-10H2,1-2H3. The third-order valence-corrected chi connectivity index (χ3v) is 6.03. The third-order valence-electron chi connectivity index (χ3n) is 6.03. The quantitative estimate of drug-likeness (QED) is 0.487. The zero-order chi connectivity index (χ0) is 23.3. The molecule has 4 aromatic rings. The van der Waals surface area contributed by atoms with E-state index in [1.165, 1.54) is 19.1 Å². The largest absolute Gasteiger partial charge is 0.433 e. The first-order valence-corrected chi connectivity index (χ1v) is 10.4. The van der Waals surface area contributed by atoms with Crippen molar-refractivity contribution < 1.29 is 22.3 Å². The first kappa shape index (κ1) is 21.4. The Bertz CT molecular complexity index is 1370. The fourth-order valence-corrected chi connectivity index (χ4v) is 4.48. The summed E-state index contributed by atoms with van der Waals surface area (Å²) in [5.41, 5.74) is -1.72. The lowest BCUT2D eigenvalue weighted by molar-refractivity contribution is -0.140. The van der Waals surface area contributed by atoms with Crippen molar-refractivity contribution in [3.05, 3.63) is 58.0 Å². The van der Waals surface area contributed by atoms with Crippen molar-refractivity contribution in [3.8, 4) is 22.6 Å². The molecule has 2 unspecified atom stereocenters. The summed E-state index contributed by atoms with van der Waals surface area (Å²) in [6.45, 7) is 1.53. The number of aryl methyl sites for hydroxylation is 1. The van der Waals surface area contributed by atoms with Gasteiger partial charge in [-0.2, -0.15) is 17.7 Å². The molecule has 1 aliphatic carbocycles. The van der Waals surface area contributed by atoms with Gasteiger partial charge in [-0.05, 0) is 31.7 Å². The van der Waals surface area contributed by atoms with Gasteiger partial charge in [0.05, 0.1) is 23.3 Å². The Morgan fingerprint density at radius 3 is 2.61 bits per heavy atom. The predicted molar refractivity (Wildman–Crippen MR) is 112 cm³/mol. The van der Waals surface area contributed by atoms with Gasteiger partial charge in [-0.3, -0.25) is 9.89 Å². The van der Waals surface area contributed by atoms with Crippen molar-refractivity contribution in [2.24, 2.45) is 0 Å². The maximum atomic E-state index is 13.8. The van der Waals surface area contributed by atoms with Crippen LogP contribution < -0.4 is 5.56 Å². The van der Waals surface area contributed by atoms with Crippen LogP contribution in [0.2, 0.25) is 0 Å². The van der Waals surface area contributed by atoms with Crippen molar-refractivity contribution in [2.75, 3.05) is 7.11 Å². The van der Waals surface area contributed by atoms with Crippen LogP contribution in [0, 0.1) is 6.92 Å². The van der Waals surface area contributed by atoms with E-state index in [4.69, 9.17) is 9.15 Å². The Morgan fingerprint density at radius 2 is 1.91 bits per heavy atom. The number of ether oxygens (including phenoxy) is 1. The van der Waals surface area contributed by atoms with E-state index in [9.17, 15) is 18.0 Å². The van der Waals surface area contributed by atoms with E-state index in [0.29, 0.717) is 5.89 Å². The molecule has 2 atom stereocenters. The number of alkyl halides is 3. The molecule has 1 aliphatic rings. The fourth-order valence-electron chi connectivity index (χ4n) is 4.48. The molecule has 1 saturated carbocycles. The number of methoxy groups -OCH3 is 1. The van der Waals surface area contributed by atoms with Crippen LogP contribution in [-0.4, -0.2) is 38.0 Å². The average molecular weight is 459 g/mol. The highest BCUT2D eigenvalue weighted by Gasteiger charge is 2.39. The Balaban J connectivity index is 1.69. The molecule has 0 spiro atoms. The Kier molecular flexibility index (Phi) is 5.08. The van der Waals surface area contributed by atoms with E-state index in [1.54, 1.807) is 25.3 Å². The van der Waals surface area contributed by atoms with Crippen LogP contribution in [0.5, 0.6) is 0 Å². The molecule has 0 aliphatic heterocycles. The van der Waals surface area contributed by atoms with E-state index in [2.05, 4.69) is 20.3 Å². The second-order valence-corrected chi connectivity index (χ2v) is 8.02. The minimum Gasteiger partial charge on any atom is -0.420 e. The summed E-state index contributed by atoms with van der Waals surface area (Å²) in [5, 5.41) is 10.3. The van der Waals surface area contributed by atoms with E-state index < -0.39 is 17.4 Å². The number of fused-ring (bicyclic) bond motifs is 1. The van der Waals surface area contributed by atoms with Crippen LogP contribution in [0.15, 0.2) is 39.5 Å². The molecule has 1 fully saturated rings. The number of nitrogens with zero attached hydrogens (tertiary/aromatic N) is 4. The van der Waals surface area contributed by atoms with Crippen LogP contribution in [0.1, 0.15) is 42.5 Å². The smallest absolute Gasteiger partial charge is 0.420 e. The molecule has 1 N–H and O–H groups in total. The van der Waals surface area contributed by atoms with Crippen LogP contribution in [-0.2, 0) is 10.9 Å². The van der Waals surface area contributed by atoms with Crippen molar-refractivity contribution in [1.82, 2.24) is 24.8 Å². The molecule has 1 aromatic carbocycles. The minimum absolute atomic E-state index is 0.0483. The van der Waals surface area contributed by atoms with Crippen LogP contribution >= 0.6 is 0 Å². The topological polar surface area (TPSA) is 98.3 Å². The number of rotatable bonds is 4. The number of hydrogen-bond donors (Lipinski definition) is 1. The van der Waals surface area contributed by atoms with E-state index in [1.807, 2.05) is 0 Å². The van der Waals surface area contributed by atoms with Gasteiger partial charge in [-0.25, -0.2) is 4.98 Å². The van der Waals surface area contributed by atoms with Crippen molar-refractivity contribution in [1.29, 1.82) is 0 Å². The number of halogens is 3. The highest BCUT2D eigenvalue weighted by Crippen LogP contribution is 2.39. The van der Waals surface area contributed by atoms with Crippen LogP contribution in [0.3, 0.4) is 0 Å². The lowest BCUT2D eigenvalue weighted by Gasteiger charge is -2.13. The van der Waals surface area contributed by atoms with Crippen molar-refractivity contribution >= 4 is 5.65 Å². The minimum atomic E-state index is -4.73. The Labute approximate surface area is 185 Å². The summed E-state index contributed by atoms with van der Waals surface area (Å²) >= 11 is 0. The van der Waals surface area contributed by atoms with Crippen molar-refractivity contribution in [2.45, 2.75) is 44.4 Å². The molecule has 0 amide bonds. The lowest BCUT2D eigenvalue weighted by Crippen LogP contribution is -2.20. The van der Waals surface area contributed by atoms with Gasteiger partial charge in [0.2, 0.25) is 5.89 Å². The summed E-state index contributed by atoms with van der Waals surface area (Å²) in [5.74, 6) is 0.161. The molecule has 0 radical (unpaired) electrons. The van der Waals surface area contributed by atoms with E-state index >= 15 is 0 Å². The van der Waals surface area contributed by atoms with E-state index in [-0.39, 0.29) is 45.9 Å². The van der Waals surface area contributed by atoms with Crippen LogP contribution in [0.4, 0.5) is 13.2 Å². The molecule has 33 heavy (non-hydrogen) atoms. The number of hydrogen-bond acceptors (Lipinski definition) is 6. The monoisotopic (exact) mass is 459 g/mol. The van der Waals surface area contributed by atoms with Gasteiger partial charge in [0.15, 0.2) is 5.65 Å². The maximum absolute atomic E-state index is 13.8.